The predicted molar refractivity (Wildman–Crippen MR) is 198 cm³/mol. The Morgan fingerprint density at radius 1 is 0.804 bits per heavy atom. The van der Waals surface area contributed by atoms with Crippen molar-refractivity contribution in [2.45, 2.75) is 111 Å². The first-order chi connectivity index (χ1) is 22.3. The SMILES string of the molecule is CCCCCCc1cc(-c2sc(C(C)C)cc2CCCCCCOc2ccc(/C(C#N)=C/c3ccc(F)cc3)cc2)sc1C(C)C. The number of unbranched alkanes of at least 4 members (excludes halogenated alkanes) is 6. The van der Waals surface area contributed by atoms with Gasteiger partial charge in [-0.1, -0.05) is 78.9 Å². The highest BCUT2D eigenvalue weighted by Crippen LogP contribution is 2.43. The molecular weight excluding hydrogens is 606 g/mol. The lowest BCUT2D eigenvalue weighted by molar-refractivity contribution is 0.304. The van der Waals surface area contributed by atoms with Crippen LogP contribution < -0.4 is 4.74 Å². The van der Waals surface area contributed by atoms with Gasteiger partial charge in [0.1, 0.15) is 11.6 Å². The van der Waals surface area contributed by atoms with E-state index in [1.807, 2.05) is 46.9 Å². The first-order valence-electron chi connectivity index (χ1n) is 17.1. The van der Waals surface area contributed by atoms with Crippen LogP contribution in [0.1, 0.15) is 130 Å². The van der Waals surface area contributed by atoms with Gasteiger partial charge < -0.3 is 4.74 Å². The summed E-state index contributed by atoms with van der Waals surface area (Å²) in [6.07, 6.45) is 13.9. The number of ether oxygens (including phenoxy) is 1. The average Bonchev–Trinajstić information content (AvgIpc) is 3.68. The van der Waals surface area contributed by atoms with Crippen LogP contribution in [0, 0.1) is 17.1 Å². The first kappa shape index (κ1) is 35.7. The Balaban J connectivity index is 1.27. The zero-order chi connectivity index (χ0) is 32.9. The van der Waals surface area contributed by atoms with Crippen LogP contribution >= 0.6 is 22.7 Å². The number of hydrogen-bond donors (Lipinski definition) is 0. The lowest BCUT2D eigenvalue weighted by Gasteiger charge is -2.08. The predicted octanol–water partition coefficient (Wildman–Crippen LogP) is 13.2. The van der Waals surface area contributed by atoms with Crippen molar-refractivity contribution in [3.63, 3.8) is 0 Å². The van der Waals surface area contributed by atoms with E-state index >= 15 is 0 Å². The molecule has 0 aliphatic rings. The second kappa shape index (κ2) is 18.2. The third kappa shape index (κ3) is 10.4. The minimum Gasteiger partial charge on any atom is -0.494 e. The number of rotatable bonds is 18. The molecule has 4 rings (SSSR count). The maximum atomic E-state index is 13.2. The number of nitriles is 1. The average molecular weight is 656 g/mol. The normalized spacial score (nSPS) is 11.8. The molecule has 0 saturated heterocycles. The fourth-order valence-corrected chi connectivity index (χ4v) is 8.27. The molecule has 0 atom stereocenters. The lowest BCUT2D eigenvalue weighted by Crippen LogP contribution is -1.97. The molecule has 0 fully saturated rings. The van der Waals surface area contributed by atoms with Crippen LogP contribution in [0.3, 0.4) is 0 Å². The van der Waals surface area contributed by atoms with E-state index in [1.165, 1.54) is 77.3 Å². The Bertz CT molecular complexity index is 1570. The molecule has 244 valence electrons. The zero-order valence-corrected chi connectivity index (χ0v) is 30.0. The fraction of sp³-hybridized carbons (Fsp3) is 0.439. The molecule has 0 bridgehead atoms. The van der Waals surface area contributed by atoms with Gasteiger partial charge in [-0.25, -0.2) is 4.39 Å². The summed E-state index contributed by atoms with van der Waals surface area (Å²) in [5, 5.41) is 9.63. The van der Waals surface area contributed by atoms with Crippen LogP contribution in [0.2, 0.25) is 0 Å². The molecule has 2 aromatic carbocycles. The van der Waals surface area contributed by atoms with Crippen molar-refractivity contribution in [3.8, 4) is 21.6 Å². The summed E-state index contributed by atoms with van der Waals surface area (Å²) >= 11 is 4.05. The minimum absolute atomic E-state index is 0.287. The van der Waals surface area contributed by atoms with Gasteiger partial charge in [-0.2, -0.15) is 5.26 Å². The molecule has 0 radical (unpaired) electrons. The minimum atomic E-state index is -0.287. The molecule has 5 heteroatoms. The zero-order valence-electron chi connectivity index (χ0n) is 28.3. The second-order valence-electron chi connectivity index (χ2n) is 12.9. The third-order valence-electron chi connectivity index (χ3n) is 8.36. The van der Waals surface area contributed by atoms with Crippen molar-refractivity contribution in [2.75, 3.05) is 6.61 Å². The molecule has 0 unspecified atom stereocenters. The van der Waals surface area contributed by atoms with Crippen LogP contribution in [0.4, 0.5) is 4.39 Å². The molecule has 0 spiro atoms. The monoisotopic (exact) mass is 655 g/mol. The van der Waals surface area contributed by atoms with Gasteiger partial charge in [0.05, 0.1) is 18.2 Å². The van der Waals surface area contributed by atoms with Crippen molar-refractivity contribution >= 4 is 34.3 Å². The van der Waals surface area contributed by atoms with Gasteiger partial charge in [-0.3, -0.25) is 0 Å². The maximum absolute atomic E-state index is 13.2. The van der Waals surface area contributed by atoms with E-state index in [-0.39, 0.29) is 5.82 Å². The number of benzene rings is 2. The number of nitrogens with zero attached hydrogens (tertiary/aromatic N) is 1. The number of aryl methyl sites for hydroxylation is 2. The third-order valence-corrected chi connectivity index (χ3v) is 11.5. The Hall–Kier alpha value is -3.20. The number of allylic oxidation sites excluding steroid dienone is 1. The Kier molecular flexibility index (Phi) is 14.1. The summed E-state index contributed by atoms with van der Waals surface area (Å²) in [7, 11) is 0. The molecule has 2 aromatic heterocycles. The van der Waals surface area contributed by atoms with Crippen LogP contribution in [-0.4, -0.2) is 6.61 Å². The molecule has 0 amide bonds. The van der Waals surface area contributed by atoms with Gasteiger partial charge in [0, 0.05) is 19.5 Å². The summed E-state index contributed by atoms with van der Waals surface area (Å²) in [5.74, 6) is 1.66. The highest BCUT2D eigenvalue weighted by molar-refractivity contribution is 7.22. The summed E-state index contributed by atoms with van der Waals surface area (Å²) < 4.78 is 19.2. The standard InChI is InChI=1S/C41H50FNOS2/c1-6-7-8-11-14-33-27-39(46-40(33)30(4)5)41-34(26-38(45-41)29(2)3)15-12-9-10-13-24-44-37-22-18-32(19-23-37)35(28-43)25-31-16-20-36(42)21-17-31/h16-23,25-27,29-30H,6-15,24H2,1-5H3/b35-25+. The quantitative estimate of drug-likeness (QED) is 0.0607. The largest absolute Gasteiger partial charge is 0.494 e. The van der Waals surface area contributed by atoms with E-state index in [0.29, 0.717) is 24.0 Å². The fourth-order valence-electron chi connectivity index (χ4n) is 5.71. The van der Waals surface area contributed by atoms with E-state index in [2.05, 4.69) is 52.8 Å². The molecule has 0 N–H and O–H groups in total. The van der Waals surface area contributed by atoms with Gasteiger partial charge in [0.15, 0.2) is 0 Å². The van der Waals surface area contributed by atoms with E-state index in [9.17, 15) is 9.65 Å². The van der Waals surface area contributed by atoms with Crippen molar-refractivity contribution in [3.05, 3.63) is 98.5 Å². The van der Waals surface area contributed by atoms with Crippen molar-refractivity contribution in [1.29, 1.82) is 5.26 Å². The summed E-state index contributed by atoms with van der Waals surface area (Å²) in [5.41, 5.74) is 5.26. The van der Waals surface area contributed by atoms with Crippen LogP contribution in [0.25, 0.3) is 21.4 Å². The molecule has 2 nitrogen and oxygen atoms in total. The van der Waals surface area contributed by atoms with E-state index in [1.54, 1.807) is 28.6 Å². The highest BCUT2D eigenvalue weighted by atomic mass is 32.1. The molecule has 0 saturated carbocycles. The summed E-state index contributed by atoms with van der Waals surface area (Å²) in [6, 6.07) is 21.1. The maximum Gasteiger partial charge on any atom is 0.123 e. The number of hydrogen-bond acceptors (Lipinski definition) is 4. The van der Waals surface area contributed by atoms with Crippen LogP contribution in [-0.2, 0) is 12.8 Å². The molecule has 46 heavy (non-hydrogen) atoms. The topological polar surface area (TPSA) is 33.0 Å². The summed E-state index contributed by atoms with van der Waals surface area (Å²) in [4.78, 5) is 6.07. The Morgan fingerprint density at radius 3 is 2.13 bits per heavy atom. The number of halogens is 1. The van der Waals surface area contributed by atoms with Crippen molar-refractivity contribution in [1.82, 2.24) is 0 Å². The lowest BCUT2D eigenvalue weighted by atomic mass is 10.0. The van der Waals surface area contributed by atoms with Crippen LogP contribution in [0.15, 0.2) is 60.7 Å². The smallest absolute Gasteiger partial charge is 0.123 e. The highest BCUT2D eigenvalue weighted by Gasteiger charge is 2.19. The molecule has 4 aromatic rings. The van der Waals surface area contributed by atoms with Crippen molar-refractivity contribution < 1.29 is 9.13 Å². The Morgan fingerprint density at radius 2 is 1.48 bits per heavy atom. The first-order valence-corrected chi connectivity index (χ1v) is 18.8. The van der Waals surface area contributed by atoms with Gasteiger partial charge in [-0.05, 0) is 121 Å². The molecule has 2 heterocycles. The van der Waals surface area contributed by atoms with Crippen molar-refractivity contribution in [2.24, 2.45) is 0 Å². The number of thiophene rings is 2. The molecular formula is C41H50FNOS2. The van der Waals surface area contributed by atoms with Gasteiger partial charge in [0.2, 0.25) is 0 Å². The molecule has 0 aliphatic heterocycles. The van der Waals surface area contributed by atoms with Gasteiger partial charge >= 0.3 is 0 Å². The molecule has 0 aliphatic carbocycles. The Labute approximate surface area is 285 Å². The van der Waals surface area contributed by atoms with E-state index < -0.39 is 0 Å². The van der Waals surface area contributed by atoms with Crippen LogP contribution in [0.5, 0.6) is 5.75 Å². The van der Waals surface area contributed by atoms with Gasteiger partial charge in [-0.15, -0.1) is 22.7 Å². The van der Waals surface area contributed by atoms with Gasteiger partial charge in [0.25, 0.3) is 0 Å². The second-order valence-corrected chi connectivity index (χ2v) is 15.0. The summed E-state index contributed by atoms with van der Waals surface area (Å²) in [6.45, 7) is 12.3. The van der Waals surface area contributed by atoms with E-state index in [0.717, 1.165) is 36.1 Å². The van der Waals surface area contributed by atoms with E-state index in [4.69, 9.17) is 4.74 Å².